The Morgan fingerprint density at radius 3 is 2.47 bits per heavy atom. The summed E-state index contributed by atoms with van der Waals surface area (Å²) in [6.45, 7) is 10.3. The van der Waals surface area contributed by atoms with Crippen LogP contribution in [0.1, 0.15) is 32.8 Å². The van der Waals surface area contributed by atoms with E-state index in [0.717, 1.165) is 44.8 Å². The number of likely N-dealkylation sites (N-methyl/N-ethyl adjacent to an activating group) is 1. The lowest BCUT2D eigenvalue weighted by molar-refractivity contribution is 0.221. The maximum absolute atomic E-state index is 6.03. The summed E-state index contributed by atoms with van der Waals surface area (Å²) in [5, 5.41) is 0. The Labute approximate surface area is 117 Å². The normalized spacial score (nSPS) is 12.7. The highest BCUT2D eigenvalue weighted by Gasteiger charge is 2.07. The van der Waals surface area contributed by atoms with E-state index >= 15 is 0 Å². The first-order valence-corrected chi connectivity index (χ1v) is 7.39. The van der Waals surface area contributed by atoms with Gasteiger partial charge in [-0.05, 0) is 37.6 Å². The van der Waals surface area contributed by atoms with Crippen molar-refractivity contribution in [3.63, 3.8) is 0 Å². The van der Waals surface area contributed by atoms with Crippen LogP contribution in [0.2, 0.25) is 0 Å². The van der Waals surface area contributed by atoms with Crippen molar-refractivity contribution in [3.8, 4) is 5.75 Å². The van der Waals surface area contributed by atoms with Gasteiger partial charge in [0.25, 0.3) is 0 Å². The second-order valence-electron chi connectivity index (χ2n) is 4.86. The zero-order chi connectivity index (χ0) is 14.1. The molecule has 1 aromatic rings. The first-order chi connectivity index (χ1) is 9.21. The third kappa shape index (κ3) is 5.62. The van der Waals surface area contributed by atoms with Crippen LogP contribution >= 0.6 is 0 Å². The van der Waals surface area contributed by atoms with Crippen molar-refractivity contribution in [2.75, 3.05) is 26.2 Å². The minimum absolute atomic E-state index is 0.215. The number of nitrogens with two attached hydrogens (primary N) is 1. The quantitative estimate of drug-likeness (QED) is 0.745. The van der Waals surface area contributed by atoms with Gasteiger partial charge < -0.3 is 15.4 Å². The molecule has 0 spiro atoms. The minimum Gasteiger partial charge on any atom is -0.492 e. The van der Waals surface area contributed by atoms with E-state index in [2.05, 4.69) is 37.8 Å². The van der Waals surface area contributed by atoms with E-state index in [-0.39, 0.29) is 6.04 Å². The fourth-order valence-electron chi connectivity index (χ4n) is 2.06. The third-order valence-corrected chi connectivity index (χ3v) is 3.54. The summed E-state index contributed by atoms with van der Waals surface area (Å²) in [7, 11) is 0. The fraction of sp³-hybridized carbons (Fsp3) is 0.625. The summed E-state index contributed by atoms with van der Waals surface area (Å²) >= 11 is 0. The van der Waals surface area contributed by atoms with Gasteiger partial charge in [-0.2, -0.15) is 0 Å². The molecule has 108 valence electrons. The largest absolute Gasteiger partial charge is 0.492 e. The van der Waals surface area contributed by atoms with Gasteiger partial charge in [0, 0.05) is 12.6 Å². The average Bonchev–Trinajstić information content (AvgIpc) is 2.45. The molecule has 0 heterocycles. The van der Waals surface area contributed by atoms with E-state index in [1.165, 1.54) is 5.56 Å². The van der Waals surface area contributed by atoms with Crippen molar-refractivity contribution >= 4 is 0 Å². The van der Waals surface area contributed by atoms with E-state index < -0.39 is 0 Å². The molecule has 2 N–H and O–H groups in total. The molecular formula is C16H28N2O. The van der Waals surface area contributed by atoms with Crippen LogP contribution in [-0.4, -0.2) is 37.2 Å². The van der Waals surface area contributed by atoms with Gasteiger partial charge in [0.1, 0.15) is 12.4 Å². The summed E-state index contributed by atoms with van der Waals surface area (Å²) in [4.78, 5) is 2.36. The minimum atomic E-state index is 0.215. The highest BCUT2D eigenvalue weighted by atomic mass is 16.5. The number of para-hydroxylation sites is 1. The second-order valence-corrected chi connectivity index (χ2v) is 4.86. The number of hydrogen-bond acceptors (Lipinski definition) is 3. The summed E-state index contributed by atoms with van der Waals surface area (Å²) in [5.74, 6) is 0.985. The van der Waals surface area contributed by atoms with Crippen molar-refractivity contribution in [2.45, 2.75) is 39.7 Å². The smallest absolute Gasteiger partial charge is 0.122 e. The van der Waals surface area contributed by atoms with Gasteiger partial charge in [0.2, 0.25) is 0 Å². The molecule has 0 aliphatic heterocycles. The van der Waals surface area contributed by atoms with Crippen LogP contribution in [0.3, 0.4) is 0 Å². The van der Waals surface area contributed by atoms with Crippen molar-refractivity contribution in [2.24, 2.45) is 5.73 Å². The summed E-state index contributed by atoms with van der Waals surface area (Å²) in [5.41, 5.74) is 7.25. The monoisotopic (exact) mass is 264 g/mol. The molecule has 1 atom stereocenters. The van der Waals surface area contributed by atoms with Crippen LogP contribution < -0.4 is 10.5 Å². The molecule has 0 aromatic heterocycles. The third-order valence-electron chi connectivity index (χ3n) is 3.54. The van der Waals surface area contributed by atoms with Crippen molar-refractivity contribution < 1.29 is 4.74 Å². The van der Waals surface area contributed by atoms with Crippen LogP contribution in [0.4, 0.5) is 0 Å². The molecular weight excluding hydrogens is 236 g/mol. The SMILES string of the molecule is CCC(N)Cc1ccccc1OCCN(CC)CC. The molecule has 0 saturated carbocycles. The number of hydrogen-bond donors (Lipinski definition) is 1. The van der Waals surface area contributed by atoms with Gasteiger partial charge in [-0.25, -0.2) is 0 Å². The van der Waals surface area contributed by atoms with Crippen LogP contribution in [0, 0.1) is 0 Å². The van der Waals surface area contributed by atoms with E-state index in [4.69, 9.17) is 10.5 Å². The van der Waals surface area contributed by atoms with Crippen LogP contribution in [0.15, 0.2) is 24.3 Å². The highest BCUT2D eigenvalue weighted by Crippen LogP contribution is 2.19. The first-order valence-electron chi connectivity index (χ1n) is 7.39. The van der Waals surface area contributed by atoms with Crippen LogP contribution in [0.25, 0.3) is 0 Å². The molecule has 0 saturated heterocycles. The summed E-state index contributed by atoms with van der Waals surface area (Å²) in [6.07, 6.45) is 1.88. The van der Waals surface area contributed by atoms with Gasteiger partial charge >= 0.3 is 0 Å². The molecule has 1 aromatic carbocycles. The molecule has 0 bridgehead atoms. The zero-order valence-corrected chi connectivity index (χ0v) is 12.6. The van der Waals surface area contributed by atoms with E-state index in [0.29, 0.717) is 0 Å². The lowest BCUT2D eigenvalue weighted by Gasteiger charge is -2.19. The van der Waals surface area contributed by atoms with Gasteiger partial charge in [0.05, 0.1) is 0 Å². The van der Waals surface area contributed by atoms with Crippen LogP contribution in [0.5, 0.6) is 5.75 Å². The molecule has 0 fully saturated rings. The second kappa shape index (κ2) is 8.94. The van der Waals surface area contributed by atoms with Gasteiger partial charge in [0.15, 0.2) is 0 Å². The standard InChI is InChI=1S/C16H28N2O/c1-4-15(17)13-14-9-7-8-10-16(14)19-12-11-18(5-2)6-3/h7-10,15H,4-6,11-13,17H2,1-3H3. The lowest BCUT2D eigenvalue weighted by Crippen LogP contribution is -2.28. The molecule has 3 heteroatoms. The molecule has 1 unspecified atom stereocenters. The Kier molecular flexibility index (Phi) is 7.53. The van der Waals surface area contributed by atoms with Crippen molar-refractivity contribution in [1.29, 1.82) is 0 Å². The average molecular weight is 264 g/mol. The van der Waals surface area contributed by atoms with Gasteiger partial charge in [-0.3, -0.25) is 0 Å². The zero-order valence-electron chi connectivity index (χ0n) is 12.6. The number of benzene rings is 1. The topological polar surface area (TPSA) is 38.5 Å². The highest BCUT2D eigenvalue weighted by molar-refractivity contribution is 5.33. The van der Waals surface area contributed by atoms with E-state index in [1.54, 1.807) is 0 Å². The Morgan fingerprint density at radius 2 is 1.84 bits per heavy atom. The van der Waals surface area contributed by atoms with Gasteiger partial charge in [-0.15, -0.1) is 0 Å². The Bertz CT molecular complexity index is 350. The van der Waals surface area contributed by atoms with Crippen LogP contribution in [-0.2, 0) is 6.42 Å². The Balaban J connectivity index is 2.53. The maximum atomic E-state index is 6.03. The summed E-state index contributed by atoms with van der Waals surface area (Å²) < 4.78 is 5.92. The molecule has 0 aliphatic carbocycles. The first kappa shape index (κ1) is 16.0. The Morgan fingerprint density at radius 1 is 1.16 bits per heavy atom. The Hall–Kier alpha value is -1.06. The predicted octanol–water partition coefficient (Wildman–Crippen LogP) is 2.69. The lowest BCUT2D eigenvalue weighted by atomic mass is 10.0. The molecule has 19 heavy (non-hydrogen) atoms. The molecule has 3 nitrogen and oxygen atoms in total. The van der Waals surface area contributed by atoms with Crippen molar-refractivity contribution in [3.05, 3.63) is 29.8 Å². The number of nitrogens with zero attached hydrogens (tertiary/aromatic N) is 1. The summed E-state index contributed by atoms with van der Waals surface area (Å²) in [6, 6.07) is 8.44. The predicted molar refractivity (Wildman–Crippen MR) is 81.7 cm³/mol. The molecule has 0 radical (unpaired) electrons. The maximum Gasteiger partial charge on any atom is 0.122 e. The number of rotatable bonds is 9. The van der Waals surface area contributed by atoms with Crippen molar-refractivity contribution in [1.82, 2.24) is 4.90 Å². The molecule has 0 aliphatic rings. The van der Waals surface area contributed by atoms with Gasteiger partial charge in [-0.1, -0.05) is 39.0 Å². The molecule has 1 rings (SSSR count). The van der Waals surface area contributed by atoms with E-state index in [9.17, 15) is 0 Å². The number of ether oxygens (including phenoxy) is 1. The fourth-order valence-corrected chi connectivity index (χ4v) is 2.06. The van der Waals surface area contributed by atoms with E-state index in [1.807, 2.05) is 12.1 Å². The molecule has 0 amide bonds.